The summed E-state index contributed by atoms with van der Waals surface area (Å²) in [6, 6.07) is 5.85. The number of thiocarbonyl (C=S) groups is 2. The van der Waals surface area contributed by atoms with E-state index < -0.39 is 4.92 Å². The van der Waals surface area contributed by atoms with Gasteiger partial charge in [0.25, 0.3) is 5.69 Å². The highest BCUT2D eigenvalue weighted by atomic mass is 32.1. The molecule has 0 radical (unpaired) electrons. The molecule has 9 nitrogen and oxygen atoms in total. The van der Waals surface area contributed by atoms with Crippen LogP contribution in [-0.2, 0) is 0 Å². The first kappa shape index (κ1) is 18.4. The lowest BCUT2D eigenvalue weighted by Crippen LogP contribution is -2.31. The van der Waals surface area contributed by atoms with Gasteiger partial charge in [0.15, 0.2) is 10.2 Å². The van der Waals surface area contributed by atoms with Gasteiger partial charge >= 0.3 is 0 Å². The van der Waals surface area contributed by atoms with E-state index in [-0.39, 0.29) is 10.8 Å². The number of nitro groups is 1. The fourth-order valence-electron chi connectivity index (χ4n) is 1.45. The number of rotatable bonds is 5. The van der Waals surface area contributed by atoms with E-state index in [2.05, 4.69) is 38.6 Å². The predicted molar refractivity (Wildman–Crippen MR) is 97.5 cm³/mol. The Morgan fingerprint density at radius 1 is 1.22 bits per heavy atom. The number of hydrogen-bond donors (Lipinski definition) is 4. The Morgan fingerprint density at radius 3 is 2.30 bits per heavy atom. The molecular weight excluding hydrogens is 338 g/mol. The Hall–Kier alpha value is -2.66. The minimum absolute atomic E-state index is 0.00565. The molecule has 0 fully saturated rings. The van der Waals surface area contributed by atoms with Crippen molar-refractivity contribution in [3.8, 4) is 0 Å². The zero-order chi connectivity index (χ0) is 17.4. The molecule has 0 aliphatic heterocycles. The molecule has 0 aliphatic rings. The van der Waals surface area contributed by atoms with E-state index >= 15 is 0 Å². The normalized spacial score (nSPS) is 11.6. The zero-order valence-electron chi connectivity index (χ0n) is 12.4. The van der Waals surface area contributed by atoms with Crippen LogP contribution in [-0.4, -0.2) is 33.6 Å². The van der Waals surface area contributed by atoms with Crippen LogP contribution in [0.2, 0.25) is 0 Å². The molecule has 0 saturated carbocycles. The second-order valence-electron chi connectivity index (χ2n) is 4.13. The van der Waals surface area contributed by atoms with Crippen molar-refractivity contribution in [2.75, 3.05) is 7.05 Å². The highest BCUT2D eigenvalue weighted by molar-refractivity contribution is 7.80. The summed E-state index contributed by atoms with van der Waals surface area (Å²) in [4.78, 5) is 10.2. The molecule has 1 aromatic rings. The van der Waals surface area contributed by atoms with Crippen LogP contribution in [0.4, 0.5) is 5.69 Å². The number of nitro benzene ring substituents is 1. The standard InChI is InChI=1S/C12H15N7O2S2/c1-7(15-17-11(13)22)10(16-18-12(23)14-2)8-3-5-9(6-4-8)19(20)21/h3-6H,1-2H3,(H3,13,17,22)(H2,14,18,23)/b15-7+,16-10-. The monoisotopic (exact) mass is 353 g/mol. The SMILES string of the molecule is CNC(=S)N/N=C(/C(C)=N/NC(N)=S)c1ccc([N+](=O)[O-])cc1. The summed E-state index contributed by atoms with van der Waals surface area (Å²) in [6.07, 6.45) is 0. The minimum Gasteiger partial charge on any atom is -0.375 e. The lowest BCUT2D eigenvalue weighted by Gasteiger charge is -2.08. The molecule has 0 amide bonds. The van der Waals surface area contributed by atoms with Gasteiger partial charge in [-0.25, -0.2) is 0 Å². The van der Waals surface area contributed by atoms with Gasteiger partial charge in [-0.3, -0.25) is 21.0 Å². The molecule has 0 saturated heterocycles. The number of nitrogens with one attached hydrogen (secondary N) is 3. The van der Waals surface area contributed by atoms with Gasteiger partial charge in [-0.1, -0.05) is 0 Å². The van der Waals surface area contributed by atoms with Crippen molar-refractivity contribution in [1.82, 2.24) is 16.2 Å². The van der Waals surface area contributed by atoms with Crippen LogP contribution in [0.25, 0.3) is 0 Å². The number of nitrogens with two attached hydrogens (primary N) is 1. The van der Waals surface area contributed by atoms with E-state index in [0.717, 1.165) is 0 Å². The van der Waals surface area contributed by atoms with E-state index in [9.17, 15) is 10.1 Å². The Labute approximate surface area is 143 Å². The summed E-state index contributed by atoms with van der Waals surface area (Å²) in [5, 5.41) is 21.9. The maximum absolute atomic E-state index is 10.7. The zero-order valence-corrected chi connectivity index (χ0v) is 14.0. The van der Waals surface area contributed by atoms with Gasteiger partial charge in [-0.05, 0) is 43.5 Å². The van der Waals surface area contributed by atoms with Crippen LogP contribution in [0.3, 0.4) is 0 Å². The number of non-ortho nitro benzene ring substituents is 1. The third kappa shape index (κ3) is 5.92. The minimum atomic E-state index is -0.482. The molecule has 0 spiro atoms. The summed E-state index contributed by atoms with van der Waals surface area (Å²) in [5.74, 6) is 0. The average Bonchev–Trinajstić information content (AvgIpc) is 2.53. The van der Waals surface area contributed by atoms with Crippen molar-refractivity contribution in [3.05, 3.63) is 39.9 Å². The van der Waals surface area contributed by atoms with Crippen LogP contribution in [0.5, 0.6) is 0 Å². The maximum Gasteiger partial charge on any atom is 0.269 e. The Kier molecular flexibility index (Phi) is 6.96. The fraction of sp³-hybridized carbons (Fsp3) is 0.167. The van der Waals surface area contributed by atoms with Crippen molar-refractivity contribution >= 4 is 51.8 Å². The van der Waals surface area contributed by atoms with Gasteiger partial charge in [-0.2, -0.15) is 10.2 Å². The predicted octanol–water partition coefficient (Wildman–Crippen LogP) is 0.602. The third-order valence-electron chi connectivity index (χ3n) is 2.52. The molecule has 122 valence electrons. The summed E-state index contributed by atoms with van der Waals surface area (Å²) in [6.45, 7) is 1.68. The van der Waals surface area contributed by atoms with Crippen molar-refractivity contribution < 1.29 is 4.92 Å². The first-order chi connectivity index (χ1) is 10.8. The van der Waals surface area contributed by atoms with Crippen molar-refractivity contribution in [1.29, 1.82) is 0 Å². The molecular formula is C12H15N7O2S2. The van der Waals surface area contributed by atoms with Gasteiger partial charge < -0.3 is 11.1 Å². The quantitative estimate of drug-likeness (QED) is 0.262. The molecule has 11 heteroatoms. The van der Waals surface area contributed by atoms with Gasteiger partial charge in [-0.15, -0.1) is 0 Å². The van der Waals surface area contributed by atoms with Crippen LogP contribution >= 0.6 is 24.4 Å². The smallest absolute Gasteiger partial charge is 0.269 e. The van der Waals surface area contributed by atoms with E-state index in [1.807, 2.05) is 0 Å². The molecule has 0 bridgehead atoms. The van der Waals surface area contributed by atoms with Crippen molar-refractivity contribution in [2.24, 2.45) is 15.9 Å². The lowest BCUT2D eigenvalue weighted by molar-refractivity contribution is -0.384. The van der Waals surface area contributed by atoms with E-state index in [1.54, 1.807) is 26.1 Å². The molecule has 0 unspecified atom stereocenters. The molecule has 23 heavy (non-hydrogen) atoms. The number of hydrogen-bond acceptors (Lipinski definition) is 6. The Bertz CT molecular complexity index is 670. The highest BCUT2D eigenvalue weighted by Crippen LogP contribution is 2.13. The number of nitrogens with zero attached hydrogens (tertiary/aromatic N) is 3. The third-order valence-corrected chi connectivity index (χ3v) is 2.91. The van der Waals surface area contributed by atoms with Crippen LogP contribution < -0.4 is 21.9 Å². The molecule has 0 heterocycles. The van der Waals surface area contributed by atoms with Crippen LogP contribution in [0, 0.1) is 10.1 Å². The van der Waals surface area contributed by atoms with Gasteiger partial charge in [0, 0.05) is 24.7 Å². The Balaban J connectivity index is 3.17. The largest absolute Gasteiger partial charge is 0.375 e. The average molecular weight is 353 g/mol. The molecule has 0 aliphatic carbocycles. The van der Waals surface area contributed by atoms with Crippen molar-refractivity contribution in [2.45, 2.75) is 6.92 Å². The van der Waals surface area contributed by atoms with Gasteiger partial charge in [0.1, 0.15) is 5.71 Å². The fourth-order valence-corrected chi connectivity index (χ4v) is 1.54. The summed E-state index contributed by atoms with van der Waals surface area (Å²) >= 11 is 9.64. The molecule has 1 aromatic carbocycles. The molecule has 0 aromatic heterocycles. The second-order valence-corrected chi connectivity index (χ2v) is 4.98. The highest BCUT2D eigenvalue weighted by Gasteiger charge is 2.11. The number of benzene rings is 1. The Morgan fingerprint density at radius 2 is 1.83 bits per heavy atom. The van der Waals surface area contributed by atoms with E-state index in [4.69, 9.17) is 18.0 Å². The van der Waals surface area contributed by atoms with Crippen molar-refractivity contribution in [3.63, 3.8) is 0 Å². The summed E-state index contributed by atoms with van der Waals surface area (Å²) < 4.78 is 0. The lowest BCUT2D eigenvalue weighted by atomic mass is 10.1. The second kappa shape index (κ2) is 8.70. The molecule has 0 atom stereocenters. The van der Waals surface area contributed by atoms with Gasteiger partial charge in [0.05, 0.1) is 10.6 Å². The summed E-state index contributed by atoms with van der Waals surface area (Å²) in [7, 11) is 1.64. The summed E-state index contributed by atoms with van der Waals surface area (Å²) in [5.41, 5.74) is 11.9. The van der Waals surface area contributed by atoms with E-state index in [0.29, 0.717) is 22.1 Å². The van der Waals surface area contributed by atoms with Crippen LogP contribution in [0.15, 0.2) is 34.5 Å². The van der Waals surface area contributed by atoms with Gasteiger partial charge in [0.2, 0.25) is 0 Å². The van der Waals surface area contributed by atoms with Crippen LogP contribution in [0.1, 0.15) is 12.5 Å². The maximum atomic E-state index is 10.7. The number of hydrazone groups is 2. The molecule has 1 rings (SSSR count). The topological polar surface area (TPSA) is 130 Å². The first-order valence-electron chi connectivity index (χ1n) is 6.25. The van der Waals surface area contributed by atoms with E-state index in [1.165, 1.54) is 12.1 Å². The first-order valence-corrected chi connectivity index (χ1v) is 7.07. The molecule has 5 N–H and O–H groups in total.